The molecule has 1 heterocycles. The number of aryl methyl sites for hydroxylation is 1. The lowest BCUT2D eigenvalue weighted by Gasteiger charge is -2.25. The topological polar surface area (TPSA) is 42.2 Å². The lowest BCUT2D eigenvalue weighted by Crippen LogP contribution is -2.21. The van der Waals surface area contributed by atoms with Crippen molar-refractivity contribution in [2.75, 3.05) is 11.9 Å². The summed E-state index contributed by atoms with van der Waals surface area (Å²) in [6.45, 7) is 4.66. The van der Waals surface area contributed by atoms with Crippen molar-refractivity contribution in [3.8, 4) is 0 Å². The van der Waals surface area contributed by atoms with Gasteiger partial charge >= 0.3 is 0 Å². The van der Waals surface area contributed by atoms with Crippen LogP contribution in [0.25, 0.3) is 0 Å². The number of aromatic nitrogens is 1. The van der Waals surface area contributed by atoms with Gasteiger partial charge in [0.25, 0.3) is 0 Å². The Hall–Kier alpha value is -1.10. The summed E-state index contributed by atoms with van der Waals surface area (Å²) < 4.78 is 0. The zero-order chi connectivity index (χ0) is 14.0. The summed E-state index contributed by atoms with van der Waals surface area (Å²) in [5, 5.41) is 1.76. The normalized spacial score (nSPS) is 12.5. The number of hydrogen-bond donors (Lipinski definition) is 1. The molecular weight excluding hydrogens is 278 g/mol. The molecule has 19 heavy (non-hydrogen) atoms. The third-order valence-corrected chi connectivity index (χ3v) is 4.92. The van der Waals surface area contributed by atoms with Crippen LogP contribution in [0.5, 0.6) is 0 Å². The highest BCUT2D eigenvalue weighted by Gasteiger charge is 2.18. The molecule has 2 rings (SSSR count). The second-order valence-corrected chi connectivity index (χ2v) is 5.99. The quantitative estimate of drug-likeness (QED) is 0.934. The van der Waals surface area contributed by atoms with Gasteiger partial charge in [-0.05, 0) is 25.5 Å². The van der Waals surface area contributed by atoms with Crippen LogP contribution in [0.2, 0.25) is 5.02 Å². The molecule has 0 radical (unpaired) electrons. The van der Waals surface area contributed by atoms with Crippen molar-refractivity contribution in [1.29, 1.82) is 0 Å². The highest BCUT2D eigenvalue weighted by Crippen LogP contribution is 2.33. The van der Waals surface area contributed by atoms with Crippen molar-refractivity contribution in [3.63, 3.8) is 0 Å². The van der Waals surface area contributed by atoms with Crippen molar-refractivity contribution >= 4 is 28.1 Å². The molecule has 1 aromatic heterocycles. The molecule has 0 spiro atoms. The molecule has 102 valence electrons. The summed E-state index contributed by atoms with van der Waals surface area (Å²) in [6, 6.07) is 8.08. The van der Waals surface area contributed by atoms with Crippen LogP contribution >= 0.6 is 22.9 Å². The Morgan fingerprint density at radius 2 is 2.11 bits per heavy atom. The predicted molar refractivity (Wildman–Crippen MR) is 83.0 cm³/mol. The number of anilines is 1. The molecular formula is C14H18ClN3S. The van der Waals surface area contributed by atoms with Gasteiger partial charge in [0.1, 0.15) is 0 Å². The van der Waals surface area contributed by atoms with Crippen molar-refractivity contribution in [3.05, 3.63) is 45.4 Å². The number of hydrogen-bond acceptors (Lipinski definition) is 4. The SMILES string of the molecule is Cc1nc(N(C)C(C)c2ccccc2Cl)sc1CN. The molecule has 2 N–H and O–H groups in total. The molecule has 0 saturated carbocycles. The summed E-state index contributed by atoms with van der Waals surface area (Å²) in [5.74, 6) is 0. The Bertz CT molecular complexity index is 568. The molecule has 0 aliphatic rings. The third-order valence-electron chi connectivity index (χ3n) is 3.30. The summed E-state index contributed by atoms with van der Waals surface area (Å²) in [5.41, 5.74) is 7.83. The highest BCUT2D eigenvalue weighted by molar-refractivity contribution is 7.15. The molecule has 0 fully saturated rings. The van der Waals surface area contributed by atoms with Gasteiger partial charge < -0.3 is 10.6 Å². The zero-order valence-corrected chi connectivity index (χ0v) is 12.9. The molecule has 1 aromatic carbocycles. The fourth-order valence-corrected chi connectivity index (χ4v) is 3.22. The molecule has 5 heteroatoms. The van der Waals surface area contributed by atoms with Crippen LogP contribution in [0.3, 0.4) is 0 Å². The van der Waals surface area contributed by atoms with Gasteiger partial charge in [0.05, 0.1) is 11.7 Å². The maximum atomic E-state index is 6.25. The van der Waals surface area contributed by atoms with Gasteiger partial charge in [0.2, 0.25) is 0 Å². The molecule has 1 unspecified atom stereocenters. The molecule has 3 nitrogen and oxygen atoms in total. The van der Waals surface area contributed by atoms with E-state index in [1.54, 1.807) is 11.3 Å². The maximum absolute atomic E-state index is 6.25. The summed E-state index contributed by atoms with van der Waals surface area (Å²) in [7, 11) is 2.03. The second kappa shape index (κ2) is 5.90. The second-order valence-electron chi connectivity index (χ2n) is 4.52. The minimum Gasteiger partial charge on any atom is -0.344 e. The number of nitrogens with two attached hydrogens (primary N) is 1. The van der Waals surface area contributed by atoms with Crippen molar-refractivity contribution < 1.29 is 0 Å². The average molecular weight is 296 g/mol. The van der Waals surface area contributed by atoms with Crippen LogP contribution in [-0.2, 0) is 6.54 Å². The standard InChI is InChI=1S/C14H18ClN3S/c1-9-13(8-16)19-14(17-9)18(3)10(2)11-6-4-5-7-12(11)15/h4-7,10H,8,16H2,1-3H3. The zero-order valence-electron chi connectivity index (χ0n) is 11.4. The van der Waals surface area contributed by atoms with Gasteiger partial charge in [0, 0.05) is 23.5 Å². The maximum Gasteiger partial charge on any atom is 0.186 e. The van der Waals surface area contributed by atoms with E-state index < -0.39 is 0 Å². The monoisotopic (exact) mass is 295 g/mol. The Balaban J connectivity index is 2.28. The number of halogens is 1. The van der Waals surface area contributed by atoms with Gasteiger partial charge in [-0.15, -0.1) is 11.3 Å². The smallest absolute Gasteiger partial charge is 0.186 e. The molecule has 0 bridgehead atoms. The van der Waals surface area contributed by atoms with E-state index in [1.165, 1.54) is 0 Å². The first kappa shape index (κ1) is 14.3. The van der Waals surface area contributed by atoms with E-state index in [0.717, 1.165) is 26.3 Å². The first-order valence-electron chi connectivity index (χ1n) is 6.18. The predicted octanol–water partition coefficient (Wildman–Crippen LogP) is 3.76. The van der Waals surface area contributed by atoms with E-state index in [2.05, 4.69) is 16.8 Å². The summed E-state index contributed by atoms with van der Waals surface area (Å²) in [4.78, 5) is 7.85. The first-order chi connectivity index (χ1) is 9.04. The summed E-state index contributed by atoms with van der Waals surface area (Å²) >= 11 is 7.89. The van der Waals surface area contributed by atoms with Crippen molar-refractivity contribution in [2.45, 2.75) is 26.4 Å². The van der Waals surface area contributed by atoms with Gasteiger partial charge in [-0.2, -0.15) is 0 Å². The third kappa shape index (κ3) is 2.91. The minimum absolute atomic E-state index is 0.171. The molecule has 0 saturated heterocycles. The minimum atomic E-state index is 0.171. The molecule has 0 aliphatic carbocycles. The van der Waals surface area contributed by atoms with Gasteiger partial charge in [-0.25, -0.2) is 4.98 Å². The molecule has 1 atom stereocenters. The lowest BCUT2D eigenvalue weighted by atomic mass is 10.1. The van der Waals surface area contributed by atoms with Gasteiger partial charge in [-0.1, -0.05) is 29.8 Å². The Kier molecular flexibility index (Phi) is 4.45. The van der Waals surface area contributed by atoms with E-state index in [9.17, 15) is 0 Å². The van der Waals surface area contributed by atoms with Crippen molar-refractivity contribution in [1.82, 2.24) is 4.98 Å². The van der Waals surface area contributed by atoms with Gasteiger partial charge in [0.15, 0.2) is 5.13 Å². The lowest BCUT2D eigenvalue weighted by molar-refractivity contribution is 0.736. The van der Waals surface area contributed by atoms with E-state index in [4.69, 9.17) is 17.3 Å². The number of nitrogens with zero attached hydrogens (tertiary/aromatic N) is 2. The fourth-order valence-electron chi connectivity index (χ4n) is 1.94. The van der Waals surface area contributed by atoms with Gasteiger partial charge in [-0.3, -0.25) is 0 Å². The average Bonchev–Trinajstić information content (AvgIpc) is 2.79. The Morgan fingerprint density at radius 3 is 2.68 bits per heavy atom. The summed E-state index contributed by atoms with van der Waals surface area (Å²) in [6.07, 6.45) is 0. The van der Waals surface area contributed by atoms with E-state index in [1.807, 2.05) is 38.2 Å². The van der Waals surface area contributed by atoms with Crippen LogP contribution in [0, 0.1) is 6.92 Å². The Labute approximate surface area is 123 Å². The highest BCUT2D eigenvalue weighted by atomic mass is 35.5. The van der Waals surface area contributed by atoms with Crippen molar-refractivity contribution in [2.24, 2.45) is 5.73 Å². The van der Waals surface area contributed by atoms with Crippen LogP contribution < -0.4 is 10.6 Å². The van der Waals surface area contributed by atoms with Crippen LogP contribution in [0.4, 0.5) is 5.13 Å². The number of benzene rings is 1. The number of thiazole rings is 1. The van der Waals surface area contributed by atoms with E-state index >= 15 is 0 Å². The molecule has 0 aliphatic heterocycles. The molecule has 0 amide bonds. The van der Waals surface area contributed by atoms with E-state index in [-0.39, 0.29) is 6.04 Å². The van der Waals surface area contributed by atoms with E-state index in [0.29, 0.717) is 6.54 Å². The van der Waals surface area contributed by atoms with Crippen LogP contribution in [-0.4, -0.2) is 12.0 Å². The molecule has 2 aromatic rings. The Morgan fingerprint density at radius 1 is 1.42 bits per heavy atom. The van der Waals surface area contributed by atoms with Crippen LogP contribution in [0.1, 0.15) is 29.1 Å². The fraction of sp³-hybridized carbons (Fsp3) is 0.357. The first-order valence-corrected chi connectivity index (χ1v) is 7.37. The number of rotatable bonds is 4. The van der Waals surface area contributed by atoms with Crippen LogP contribution in [0.15, 0.2) is 24.3 Å². The largest absolute Gasteiger partial charge is 0.344 e.